The summed E-state index contributed by atoms with van der Waals surface area (Å²) in [6.45, 7) is 4.69. The highest BCUT2D eigenvalue weighted by molar-refractivity contribution is 5.64. The van der Waals surface area contributed by atoms with Crippen molar-refractivity contribution in [1.82, 2.24) is 0 Å². The molecule has 2 aromatic rings. The molecule has 1 fully saturated rings. The fourth-order valence-electron chi connectivity index (χ4n) is 5.86. The number of unbranched alkanes of at least 4 members (excludes halogenated alkanes) is 4. The third-order valence-corrected chi connectivity index (χ3v) is 8.01. The smallest absolute Gasteiger partial charge is 0.119 e. The van der Waals surface area contributed by atoms with Gasteiger partial charge in [-0.2, -0.15) is 5.26 Å². The Balaban J connectivity index is 1.60. The molecule has 3 heteroatoms. The first-order chi connectivity index (χ1) is 17.6. The molecule has 3 atom stereocenters. The normalized spacial score (nSPS) is 20.6. The number of benzene rings is 2. The lowest BCUT2D eigenvalue weighted by atomic mass is 9.66. The summed E-state index contributed by atoms with van der Waals surface area (Å²) in [4.78, 5) is 0. The first-order valence-electron chi connectivity index (χ1n) is 14.5. The molecule has 0 radical (unpaired) electrons. The van der Waals surface area contributed by atoms with Gasteiger partial charge in [0.15, 0.2) is 0 Å². The van der Waals surface area contributed by atoms with Crippen LogP contribution in [-0.4, -0.2) is 17.8 Å². The molecular weight excluding hydrogens is 442 g/mol. The highest BCUT2D eigenvalue weighted by atomic mass is 16.5. The van der Waals surface area contributed by atoms with Crippen LogP contribution in [0.5, 0.6) is 5.75 Å². The summed E-state index contributed by atoms with van der Waals surface area (Å²) in [5.74, 6) is 1.42. The highest BCUT2D eigenvalue weighted by Crippen LogP contribution is 2.46. The van der Waals surface area contributed by atoms with E-state index in [2.05, 4.69) is 68.4 Å². The van der Waals surface area contributed by atoms with Gasteiger partial charge in [0.05, 0.1) is 17.6 Å². The van der Waals surface area contributed by atoms with Gasteiger partial charge in [0.2, 0.25) is 0 Å². The van der Waals surface area contributed by atoms with Gasteiger partial charge >= 0.3 is 0 Å². The van der Waals surface area contributed by atoms with Crippen LogP contribution in [0.2, 0.25) is 0 Å². The first-order valence-corrected chi connectivity index (χ1v) is 14.5. The lowest BCUT2D eigenvalue weighted by Crippen LogP contribution is -2.26. The molecule has 0 saturated heterocycles. The molecule has 1 aliphatic rings. The second kappa shape index (κ2) is 15.1. The van der Waals surface area contributed by atoms with Crippen LogP contribution >= 0.6 is 0 Å². The third-order valence-electron chi connectivity index (χ3n) is 8.01. The summed E-state index contributed by atoms with van der Waals surface area (Å²) in [5.41, 5.74) is 3.68. The molecule has 2 aromatic carbocycles. The van der Waals surface area contributed by atoms with E-state index >= 15 is 0 Å². The summed E-state index contributed by atoms with van der Waals surface area (Å²) in [6, 6.07) is 20.3. The van der Waals surface area contributed by atoms with Crippen molar-refractivity contribution >= 4 is 0 Å². The Kier molecular flexibility index (Phi) is 11.8. The minimum atomic E-state index is -0.126. The maximum absolute atomic E-state index is 10.0. The fraction of sp³-hybridized carbons (Fsp3) is 0.606. The van der Waals surface area contributed by atoms with E-state index < -0.39 is 0 Å². The van der Waals surface area contributed by atoms with Crippen molar-refractivity contribution in [2.24, 2.45) is 5.41 Å². The Bertz CT molecular complexity index is 914. The van der Waals surface area contributed by atoms with E-state index in [1.165, 1.54) is 48.8 Å². The van der Waals surface area contributed by atoms with Gasteiger partial charge < -0.3 is 9.84 Å². The van der Waals surface area contributed by atoms with E-state index in [1.807, 2.05) is 0 Å². The molecule has 3 unspecified atom stereocenters. The highest BCUT2D eigenvalue weighted by Gasteiger charge is 2.36. The van der Waals surface area contributed by atoms with Gasteiger partial charge in [-0.05, 0) is 86.1 Å². The van der Waals surface area contributed by atoms with E-state index in [-0.39, 0.29) is 18.1 Å². The first kappa shape index (κ1) is 28.3. The SMILES string of the molecule is CCCCCCC1(C#N)CCCC(c2ccc(-c3ccc(OC(CCC)CCCCO)cc3)cc2)C1. The predicted octanol–water partition coefficient (Wildman–Crippen LogP) is 9.20. The average Bonchev–Trinajstić information content (AvgIpc) is 2.92. The maximum Gasteiger partial charge on any atom is 0.119 e. The van der Waals surface area contributed by atoms with Crippen LogP contribution in [0.4, 0.5) is 0 Å². The standard InChI is InChI=1S/C33H47NO2/c1-3-5-6-8-22-33(26-34)23-10-12-30(25-33)29-16-14-27(15-17-29)28-18-20-32(21-19-28)36-31(11-4-2)13-7-9-24-35/h14-21,30-31,35H,3-13,22-25H2,1-2H3. The lowest BCUT2D eigenvalue weighted by Gasteiger charge is -2.36. The number of hydrogen-bond donors (Lipinski definition) is 1. The number of ether oxygens (including phenoxy) is 1. The van der Waals surface area contributed by atoms with Crippen molar-refractivity contribution in [3.05, 3.63) is 54.1 Å². The van der Waals surface area contributed by atoms with Crippen molar-refractivity contribution in [2.45, 2.75) is 116 Å². The Morgan fingerprint density at radius 3 is 2.28 bits per heavy atom. The van der Waals surface area contributed by atoms with Crippen molar-refractivity contribution < 1.29 is 9.84 Å². The molecule has 1 N–H and O–H groups in total. The minimum absolute atomic E-state index is 0.126. The minimum Gasteiger partial charge on any atom is -0.490 e. The number of nitrogens with zero attached hydrogens (tertiary/aromatic N) is 1. The average molecular weight is 490 g/mol. The summed E-state index contributed by atoms with van der Waals surface area (Å²) < 4.78 is 6.25. The topological polar surface area (TPSA) is 53.2 Å². The molecule has 0 amide bonds. The molecule has 0 heterocycles. The second-order valence-electron chi connectivity index (χ2n) is 10.9. The van der Waals surface area contributed by atoms with Gasteiger partial charge in [0, 0.05) is 6.61 Å². The number of hydrogen-bond acceptors (Lipinski definition) is 3. The third kappa shape index (κ3) is 8.38. The number of aliphatic hydroxyl groups excluding tert-OH is 1. The van der Waals surface area contributed by atoms with Crippen molar-refractivity contribution in [3.63, 3.8) is 0 Å². The molecular formula is C33H47NO2. The molecule has 3 nitrogen and oxygen atoms in total. The van der Waals surface area contributed by atoms with Crippen molar-refractivity contribution in [3.8, 4) is 22.9 Å². The van der Waals surface area contributed by atoms with Crippen LogP contribution in [0.1, 0.15) is 115 Å². The monoisotopic (exact) mass is 489 g/mol. The molecule has 0 aliphatic heterocycles. The van der Waals surface area contributed by atoms with E-state index in [0.717, 1.165) is 63.5 Å². The molecule has 0 spiro atoms. The molecule has 36 heavy (non-hydrogen) atoms. The Morgan fingerprint density at radius 2 is 1.64 bits per heavy atom. The molecule has 0 aromatic heterocycles. The lowest BCUT2D eigenvalue weighted by molar-refractivity contribution is 0.171. The Labute approximate surface area is 219 Å². The Hall–Kier alpha value is -2.31. The van der Waals surface area contributed by atoms with Gasteiger partial charge in [-0.3, -0.25) is 0 Å². The van der Waals surface area contributed by atoms with E-state index in [4.69, 9.17) is 9.84 Å². The van der Waals surface area contributed by atoms with Crippen LogP contribution in [0.15, 0.2) is 48.5 Å². The number of rotatable bonds is 15. The van der Waals surface area contributed by atoms with Gasteiger partial charge in [-0.1, -0.05) is 88.8 Å². The molecule has 196 valence electrons. The van der Waals surface area contributed by atoms with Crippen LogP contribution in [0, 0.1) is 16.7 Å². The largest absolute Gasteiger partial charge is 0.490 e. The summed E-state index contributed by atoms with van der Waals surface area (Å²) in [6.07, 6.45) is 15.7. The van der Waals surface area contributed by atoms with Crippen LogP contribution in [0.3, 0.4) is 0 Å². The van der Waals surface area contributed by atoms with Crippen molar-refractivity contribution in [1.29, 1.82) is 5.26 Å². The van der Waals surface area contributed by atoms with Gasteiger partial charge in [-0.25, -0.2) is 0 Å². The van der Waals surface area contributed by atoms with E-state index in [1.54, 1.807) is 0 Å². The zero-order valence-electron chi connectivity index (χ0n) is 22.7. The quantitative estimate of drug-likeness (QED) is 0.254. The van der Waals surface area contributed by atoms with Gasteiger partial charge in [0.25, 0.3) is 0 Å². The molecule has 3 rings (SSSR count). The summed E-state index contributed by atoms with van der Waals surface area (Å²) >= 11 is 0. The van der Waals surface area contributed by atoms with Crippen molar-refractivity contribution in [2.75, 3.05) is 6.61 Å². The fourth-order valence-corrected chi connectivity index (χ4v) is 5.86. The second-order valence-corrected chi connectivity index (χ2v) is 10.9. The van der Waals surface area contributed by atoms with Gasteiger partial charge in [0.1, 0.15) is 5.75 Å². The number of aliphatic hydroxyl groups is 1. The summed E-state index contributed by atoms with van der Waals surface area (Å²) in [5, 5.41) is 19.1. The molecule has 1 saturated carbocycles. The zero-order valence-corrected chi connectivity index (χ0v) is 22.7. The maximum atomic E-state index is 10.0. The van der Waals surface area contributed by atoms with Crippen LogP contribution < -0.4 is 4.74 Å². The van der Waals surface area contributed by atoms with Crippen LogP contribution in [0.25, 0.3) is 11.1 Å². The van der Waals surface area contributed by atoms with Crippen LogP contribution in [-0.2, 0) is 0 Å². The predicted molar refractivity (Wildman–Crippen MR) is 150 cm³/mol. The Morgan fingerprint density at radius 1 is 0.917 bits per heavy atom. The molecule has 1 aliphatic carbocycles. The zero-order chi connectivity index (χ0) is 25.6. The summed E-state index contributed by atoms with van der Waals surface area (Å²) in [7, 11) is 0. The van der Waals surface area contributed by atoms with Gasteiger partial charge in [-0.15, -0.1) is 0 Å². The number of nitriles is 1. The van der Waals surface area contributed by atoms with E-state index in [9.17, 15) is 5.26 Å². The molecule has 0 bridgehead atoms. The van der Waals surface area contributed by atoms with E-state index in [0.29, 0.717) is 5.92 Å².